The standard InChI is InChI=1S/C22H25N3O5/c1-22(11-10-15-8-6-5-7-9-15)20(26)25(21(27)24-22)23-14-17-18(29-3)12-16(28-2)13-19(17)30-4/h5-9,12-14H,10-11H2,1-4H3,(H,24,27)/t22-/m1/s1. The van der Waals surface area contributed by atoms with Crippen LogP contribution in [0.25, 0.3) is 0 Å². The van der Waals surface area contributed by atoms with Gasteiger partial charge in [-0.2, -0.15) is 5.10 Å². The molecule has 1 atom stereocenters. The zero-order chi connectivity index (χ0) is 21.7. The number of carbonyl (C=O) groups excluding carboxylic acids is 2. The Bertz CT molecular complexity index is 935. The zero-order valence-electron chi connectivity index (χ0n) is 17.5. The first kappa shape index (κ1) is 21.2. The molecule has 1 saturated heterocycles. The van der Waals surface area contributed by atoms with Crippen LogP contribution in [-0.4, -0.2) is 50.0 Å². The third-order valence-corrected chi connectivity index (χ3v) is 5.05. The minimum atomic E-state index is -1.03. The van der Waals surface area contributed by atoms with Crippen molar-refractivity contribution >= 4 is 18.2 Å². The summed E-state index contributed by atoms with van der Waals surface area (Å²) in [6.45, 7) is 1.71. The summed E-state index contributed by atoms with van der Waals surface area (Å²) in [4.78, 5) is 25.4. The predicted octanol–water partition coefficient (Wildman–Crippen LogP) is 2.99. The number of benzene rings is 2. The van der Waals surface area contributed by atoms with Gasteiger partial charge in [-0.25, -0.2) is 4.79 Å². The highest BCUT2D eigenvalue weighted by Gasteiger charge is 2.47. The number of nitrogens with zero attached hydrogens (tertiary/aromatic N) is 2. The Morgan fingerprint density at radius 3 is 2.23 bits per heavy atom. The fourth-order valence-corrected chi connectivity index (χ4v) is 3.26. The lowest BCUT2D eigenvalue weighted by atomic mass is 9.93. The SMILES string of the molecule is COc1cc(OC)c(C=NN2C(=O)N[C@](C)(CCc3ccccc3)C2=O)c(OC)c1. The van der Waals surface area contributed by atoms with Gasteiger partial charge in [-0.15, -0.1) is 5.01 Å². The van der Waals surface area contributed by atoms with E-state index in [9.17, 15) is 9.59 Å². The molecule has 0 radical (unpaired) electrons. The third-order valence-electron chi connectivity index (χ3n) is 5.05. The fraction of sp³-hybridized carbons (Fsp3) is 0.318. The maximum atomic E-state index is 12.9. The second kappa shape index (κ2) is 8.86. The summed E-state index contributed by atoms with van der Waals surface area (Å²) in [5.41, 5.74) is 0.549. The van der Waals surface area contributed by atoms with E-state index in [2.05, 4.69) is 10.4 Å². The van der Waals surface area contributed by atoms with E-state index in [0.717, 1.165) is 10.6 Å². The van der Waals surface area contributed by atoms with Crippen LogP contribution in [0.4, 0.5) is 4.79 Å². The van der Waals surface area contributed by atoms with Gasteiger partial charge >= 0.3 is 6.03 Å². The predicted molar refractivity (Wildman–Crippen MR) is 112 cm³/mol. The highest BCUT2D eigenvalue weighted by molar-refractivity contribution is 6.07. The first-order chi connectivity index (χ1) is 14.4. The van der Waals surface area contributed by atoms with Crippen molar-refractivity contribution in [1.29, 1.82) is 0 Å². The molecular weight excluding hydrogens is 386 g/mol. The molecule has 2 aromatic carbocycles. The zero-order valence-corrected chi connectivity index (χ0v) is 17.5. The number of ether oxygens (including phenoxy) is 3. The van der Waals surface area contributed by atoms with E-state index < -0.39 is 17.5 Å². The minimum absolute atomic E-state index is 0.411. The molecule has 158 valence electrons. The van der Waals surface area contributed by atoms with Gasteiger partial charge < -0.3 is 19.5 Å². The molecule has 3 amide bonds. The molecule has 8 heteroatoms. The summed E-state index contributed by atoms with van der Waals surface area (Å²) < 4.78 is 16.0. The van der Waals surface area contributed by atoms with Gasteiger partial charge in [0.05, 0.1) is 33.1 Å². The topological polar surface area (TPSA) is 89.5 Å². The van der Waals surface area contributed by atoms with E-state index >= 15 is 0 Å². The second-order valence-electron chi connectivity index (χ2n) is 7.05. The number of imide groups is 1. The van der Waals surface area contributed by atoms with Gasteiger partial charge in [-0.1, -0.05) is 30.3 Å². The molecule has 0 unspecified atom stereocenters. The van der Waals surface area contributed by atoms with Crippen LogP contribution in [-0.2, 0) is 11.2 Å². The summed E-state index contributed by atoms with van der Waals surface area (Å²) in [5, 5.41) is 7.72. The van der Waals surface area contributed by atoms with Crippen molar-refractivity contribution in [2.75, 3.05) is 21.3 Å². The van der Waals surface area contributed by atoms with E-state index in [1.807, 2.05) is 30.3 Å². The molecule has 1 aliphatic rings. The van der Waals surface area contributed by atoms with Crippen LogP contribution < -0.4 is 19.5 Å². The number of nitrogens with one attached hydrogen (secondary N) is 1. The van der Waals surface area contributed by atoms with E-state index in [1.54, 1.807) is 19.1 Å². The average Bonchev–Trinajstić information content (AvgIpc) is 2.99. The van der Waals surface area contributed by atoms with Crippen molar-refractivity contribution in [3.8, 4) is 17.2 Å². The molecule has 1 N–H and O–H groups in total. The molecule has 1 aliphatic heterocycles. The molecule has 0 aliphatic carbocycles. The average molecular weight is 411 g/mol. The molecule has 1 fully saturated rings. The molecule has 3 rings (SSSR count). The largest absolute Gasteiger partial charge is 0.496 e. The maximum absolute atomic E-state index is 12.9. The van der Waals surface area contributed by atoms with E-state index in [0.29, 0.717) is 35.7 Å². The first-order valence-corrected chi connectivity index (χ1v) is 9.46. The summed E-state index contributed by atoms with van der Waals surface area (Å²) in [6, 6.07) is 12.6. The highest BCUT2D eigenvalue weighted by Crippen LogP contribution is 2.33. The van der Waals surface area contributed by atoms with Gasteiger partial charge in [0.25, 0.3) is 5.91 Å². The Labute approximate surface area is 175 Å². The number of rotatable bonds is 8. The molecule has 0 bridgehead atoms. The lowest BCUT2D eigenvalue weighted by molar-refractivity contribution is -0.130. The number of hydrazone groups is 1. The van der Waals surface area contributed by atoms with Crippen molar-refractivity contribution < 1.29 is 23.8 Å². The number of aryl methyl sites for hydroxylation is 1. The van der Waals surface area contributed by atoms with Crippen molar-refractivity contribution in [3.63, 3.8) is 0 Å². The quantitative estimate of drug-likeness (QED) is 0.533. The van der Waals surface area contributed by atoms with Crippen molar-refractivity contribution in [2.45, 2.75) is 25.3 Å². The Balaban J connectivity index is 1.81. The van der Waals surface area contributed by atoms with Crippen molar-refractivity contribution in [3.05, 3.63) is 53.6 Å². The number of methoxy groups -OCH3 is 3. The summed E-state index contributed by atoms with van der Waals surface area (Å²) in [5.74, 6) is 1.01. The van der Waals surface area contributed by atoms with Crippen LogP contribution in [0, 0.1) is 0 Å². The Hall–Kier alpha value is -3.55. The number of carbonyl (C=O) groups is 2. The van der Waals surface area contributed by atoms with Crippen LogP contribution >= 0.6 is 0 Å². The summed E-state index contributed by atoms with van der Waals surface area (Å²) in [6.07, 6.45) is 2.49. The normalized spacial score (nSPS) is 18.6. The third kappa shape index (κ3) is 4.22. The fourth-order valence-electron chi connectivity index (χ4n) is 3.26. The van der Waals surface area contributed by atoms with Crippen molar-refractivity contribution in [1.82, 2.24) is 10.3 Å². The first-order valence-electron chi connectivity index (χ1n) is 9.46. The molecule has 30 heavy (non-hydrogen) atoms. The second-order valence-corrected chi connectivity index (χ2v) is 7.05. The van der Waals surface area contributed by atoms with Crippen LogP contribution in [0.2, 0.25) is 0 Å². The smallest absolute Gasteiger partial charge is 0.346 e. The van der Waals surface area contributed by atoms with Crippen LogP contribution in [0.15, 0.2) is 47.6 Å². The van der Waals surface area contributed by atoms with Crippen LogP contribution in [0.5, 0.6) is 17.2 Å². The van der Waals surface area contributed by atoms with E-state index in [1.165, 1.54) is 27.5 Å². The lowest BCUT2D eigenvalue weighted by Gasteiger charge is -2.20. The van der Waals surface area contributed by atoms with Gasteiger partial charge in [-0.3, -0.25) is 4.79 Å². The number of hydrogen-bond acceptors (Lipinski definition) is 6. The monoisotopic (exact) mass is 411 g/mol. The van der Waals surface area contributed by atoms with Crippen LogP contribution in [0.3, 0.4) is 0 Å². The van der Waals surface area contributed by atoms with Gasteiger partial charge in [0.1, 0.15) is 22.8 Å². The molecule has 0 spiro atoms. The van der Waals surface area contributed by atoms with Crippen molar-refractivity contribution in [2.24, 2.45) is 5.10 Å². The lowest BCUT2D eigenvalue weighted by Crippen LogP contribution is -2.44. The minimum Gasteiger partial charge on any atom is -0.496 e. The van der Waals surface area contributed by atoms with E-state index in [4.69, 9.17) is 14.2 Å². The molecule has 8 nitrogen and oxygen atoms in total. The maximum Gasteiger partial charge on any atom is 0.346 e. The Kier molecular flexibility index (Phi) is 6.25. The molecule has 0 saturated carbocycles. The number of amides is 3. The number of hydrogen-bond donors (Lipinski definition) is 1. The molecular formula is C22H25N3O5. The van der Waals surface area contributed by atoms with Gasteiger partial charge in [-0.05, 0) is 25.3 Å². The Morgan fingerprint density at radius 1 is 1.03 bits per heavy atom. The van der Waals surface area contributed by atoms with Gasteiger partial charge in [0.15, 0.2) is 0 Å². The Morgan fingerprint density at radius 2 is 1.67 bits per heavy atom. The molecule has 1 heterocycles. The van der Waals surface area contributed by atoms with Gasteiger partial charge in [0, 0.05) is 12.1 Å². The van der Waals surface area contributed by atoms with Crippen LogP contribution in [0.1, 0.15) is 24.5 Å². The highest BCUT2D eigenvalue weighted by atomic mass is 16.5. The van der Waals surface area contributed by atoms with Gasteiger partial charge in [0.2, 0.25) is 0 Å². The summed E-state index contributed by atoms with van der Waals surface area (Å²) >= 11 is 0. The summed E-state index contributed by atoms with van der Waals surface area (Å²) in [7, 11) is 4.53. The number of urea groups is 1. The molecule has 0 aromatic heterocycles. The molecule has 2 aromatic rings. The van der Waals surface area contributed by atoms with E-state index in [-0.39, 0.29) is 0 Å².